The number of ketones is 1. The van der Waals surface area contributed by atoms with Gasteiger partial charge in [0.25, 0.3) is 0 Å². The van der Waals surface area contributed by atoms with Crippen LogP contribution in [0.2, 0.25) is 0 Å². The summed E-state index contributed by atoms with van der Waals surface area (Å²) in [6.07, 6.45) is 6.76. The maximum absolute atomic E-state index is 12.7. The molecule has 158 valence electrons. The normalized spacial score (nSPS) is 15.6. The molecule has 2 N–H and O–H groups in total. The largest absolute Gasteiger partial charge is 1.00 e. The smallest absolute Gasteiger partial charge is 0.748 e. The predicted octanol–water partition coefficient (Wildman–Crippen LogP) is -2.67. The second-order valence-electron chi connectivity index (χ2n) is 7.15. The molecule has 0 aromatic carbocycles. The Morgan fingerprint density at radius 3 is 2.39 bits per heavy atom. The van der Waals surface area contributed by atoms with Crippen molar-refractivity contribution in [3.63, 3.8) is 0 Å². The Hall–Kier alpha value is -0.0300. The number of hydrogen-bond acceptors (Lipinski definition) is 7. The molecule has 0 saturated carbocycles. The van der Waals surface area contributed by atoms with E-state index >= 15 is 0 Å². The predicted molar refractivity (Wildman–Crippen MR) is 102 cm³/mol. The Labute approximate surface area is 191 Å². The summed E-state index contributed by atoms with van der Waals surface area (Å²) in [6.45, 7) is 3.28. The fraction of sp³-hybridized carbons (Fsp3) is 0.889. The number of β-amino-alcohol motifs (C(OH)–C–C–N with tert-alkyl or cyclic N) is 2. The van der Waals surface area contributed by atoms with Crippen LogP contribution in [0.15, 0.2) is 0 Å². The van der Waals surface area contributed by atoms with Crippen molar-refractivity contribution in [1.82, 2.24) is 4.90 Å². The Kier molecular flexibility index (Phi) is 14.9. The van der Waals surface area contributed by atoms with Crippen molar-refractivity contribution in [3.05, 3.63) is 0 Å². The minimum Gasteiger partial charge on any atom is -0.748 e. The van der Waals surface area contributed by atoms with E-state index in [2.05, 4.69) is 6.92 Å². The van der Waals surface area contributed by atoms with Crippen LogP contribution in [0, 0.1) is 0 Å². The summed E-state index contributed by atoms with van der Waals surface area (Å²) in [4.78, 5) is 14.4. The van der Waals surface area contributed by atoms with E-state index in [-0.39, 0.29) is 48.5 Å². The van der Waals surface area contributed by atoms with Crippen LogP contribution in [0.4, 0.5) is 0 Å². The van der Waals surface area contributed by atoms with Gasteiger partial charge in [-0.25, -0.2) is 8.42 Å². The molecule has 1 unspecified atom stereocenters. The van der Waals surface area contributed by atoms with E-state index < -0.39 is 22.0 Å². The van der Waals surface area contributed by atoms with Gasteiger partial charge in [0.1, 0.15) is 32.3 Å². The van der Waals surface area contributed by atoms with Crippen molar-refractivity contribution in [3.8, 4) is 0 Å². The number of aliphatic hydroxyl groups excluding tert-OH is 2. The first-order valence-electron chi connectivity index (χ1n) is 9.91. The number of unbranched alkanes of at least 4 members (excludes halogenated alkanes) is 6. The molecule has 10 heteroatoms. The van der Waals surface area contributed by atoms with Crippen LogP contribution in [0.25, 0.3) is 0 Å². The van der Waals surface area contributed by atoms with Gasteiger partial charge in [0.05, 0.1) is 22.5 Å². The van der Waals surface area contributed by atoms with Gasteiger partial charge in [-0.2, -0.15) is 0 Å². The van der Waals surface area contributed by atoms with Crippen molar-refractivity contribution < 1.29 is 62.1 Å². The molecular formula is C18H34N2NaO6S+. The van der Waals surface area contributed by atoms with Crippen molar-refractivity contribution in [1.29, 1.82) is 0 Å². The minimum atomic E-state index is -4.53. The molecular weight excluding hydrogens is 395 g/mol. The van der Waals surface area contributed by atoms with Crippen molar-refractivity contribution in [2.45, 2.75) is 64.4 Å². The number of carbonyl (C=O) groups is 1. The molecule has 0 aliphatic carbocycles. The molecule has 0 aromatic rings. The number of hydrogen-bond donors (Lipinski definition) is 2. The van der Waals surface area contributed by atoms with Crippen LogP contribution in [0.1, 0.15) is 58.3 Å². The Morgan fingerprint density at radius 1 is 1.21 bits per heavy atom. The van der Waals surface area contributed by atoms with E-state index in [0.29, 0.717) is 31.9 Å². The van der Waals surface area contributed by atoms with Crippen LogP contribution in [0.3, 0.4) is 0 Å². The van der Waals surface area contributed by atoms with Crippen LogP contribution in [0.5, 0.6) is 0 Å². The fourth-order valence-corrected chi connectivity index (χ4v) is 4.00. The zero-order valence-electron chi connectivity index (χ0n) is 17.3. The number of nitrogens with zero attached hydrogens (tertiary/aromatic N) is 2. The first-order chi connectivity index (χ1) is 12.8. The summed E-state index contributed by atoms with van der Waals surface area (Å²) < 4.78 is 34.1. The number of amidine groups is 1. The van der Waals surface area contributed by atoms with Crippen LogP contribution in [-0.4, -0.2) is 88.9 Å². The van der Waals surface area contributed by atoms with Crippen molar-refractivity contribution in [2.75, 3.05) is 38.5 Å². The van der Waals surface area contributed by atoms with Crippen LogP contribution >= 0.6 is 0 Å². The summed E-state index contributed by atoms with van der Waals surface area (Å²) >= 11 is 0. The Bertz CT molecular complexity index is 597. The maximum atomic E-state index is 12.7. The van der Waals surface area contributed by atoms with Gasteiger partial charge >= 0.3 is 35.4 Å². The first-order valence-corrected chi connectivity index (χ1v) is 11.5. The Balaban J connectivity index is 0.00000729. The molecule has 8 nitrogen and oxygen atoms in total. The third-order valence-electron chi connectivity index (χ3n) is 4.69. The number of carbonyl (C=O) groups excluding carboxylic acids is 1. The van der Waals surface area contributed by atoms with E-state index in [9.17, 15) is 28.0 Å². The molecule has 28 heavy (non-hydrogen) atoms. The molecule has 1 rings (SSSR count). The van der Waals surface area contributed by atoms with E-state index in [1.807, 2.05) is 0 Å². The summed E-state index contributed by atoms with van der Waals surface area (Å²) in [5, 5.41) is 19.1. The van der Waals surface area contributed by atoms with Gasteiger partial charge in [-0.1, -0.05) is 45.4 Å². The average molecular weight is 430 g/mol. The van der Waals surface area contributed by atoms with Crippen molar-refractivity contribution in [2.24, 2.45) is 0 Å². The minimum absolute atomic E-state index is 0. The molecule has 0 bridgehead atoms. The fourth-order valence-electron chi connectivity index (χ4n) is 3.42. The average Bonchev–Trinajstić information content (AvgIpc) is 2.94. The summed E-state index contributed by atoms with van der Waals surface area (Å²) in [7, 11) is -4.53. The third kappa shape index (κ3) is 11.2. The second-order valence-corrected chi connectivity index (χ2v) is 8.60. The molecule has 0 spiro atoms. The summed E-state index contributed by atoms with van der Waals surface area (Å²) in [5.74, 6) is -0.521. The van der Waals surface area contributed by atoms with E-state index in [1.165, 1.54) is 25.7 Å². The second kappa shape index (κ2) is 14.9. The quantitative estimate of drug-likeness (QED) is 0.126. The molecule has 0 fully saturated rings. The summed E-state index contributed by atoms with van der Waals surface area (Å²) in [6, 6.07) is 0. The first kappa shape index (κ1) is 28.0. The van der Waals surface area contributed by atoms with Gasteiger partial charge in [-0.3, -0.25) is 14.3 Å². The van der Waals surface area contributed by atoms with Crippen LogP contribution < -0.4 is 29.6 Å². The third-order valence-corrected chi connectivity index (χ3v) is 5.49. The van der Waals surface area contributed by atoms with Gasteiger partial charge in [0, 0.05) is 6.42 Å². The van der Waals surface area contributed by atoms with E-state index in [0.717, 1.165) is 19.3 Å². The number of rotatable bonds is 15. The monoisotopic (exact) mass is 429 g/mol. The van der Waals surface area contributed by atoms with E-state index in [4.69, 9.17) is 0 Å². The standard InChI is InChI=1S/C18H34N2O6S.Na/c1-2-3-4-5-6-7-8-9-17(23)18-19(12-13-21)10-11-20(18)14-16(22)15-27(24,25)26;/h16,21-22H,2-15H2,1H3;/q;+1. The SMILES string of the molecule is CCCCCCCCCC(=O)C1=[N+](CC(O)CS(=O)(=O)[O-])CCN1CCO.[Na+]. The zero-order valence-corrected chi connectivity index (χ0v) is 20.1. The molecule has 0 aromatic heterocycles. The molecule has 1 atom stereocenters. The number of aliphatic hydroxyl groups is 2. The van der Waals surface area contributed by atoms with Gasteiger partial charge in [0.2, 0.25) is 5.78 Å². The molecule has 0 radical (unpaired) electrons. The Morgan fingerprint density at radius 2 is 1.82 bits per heavy atom. The van der Waals surface area contributed by atoms with Gasteiger partial charge in [-0.05, 0) is 6.42 Å². The molecule has 0 saturated heterocycles. The van der Waals surface area contributed by atoms with Crippen LogP contribution in [-0.2, 0) is 14.9 Å². The van der Waals surface area contributed by atoms with Gasteiger partial charge in [-0.15, -0.1) is 0 Å². The maximum Gasteiger partial charge on any atom is 1.00 e. The molecule has 1 aliphatic rings. The van der Waals surface area contributed by atoms with E-state index in [1.54, 1.807) is 9.48 Å². The zero-order chi connectivity index (χ0) is 20.3. The van der Waals surface area contributed by atoms with Gasteiger partial charge < -0.3 is 14.8 Å². The number of Topliss-reactive ketones (excluding diaryl/α,β-unsaturated/α-hetero) is 1. The van der Waals surface area contributed by atoms with Crippen molar-refractivity contribution >= 4 is 21.7 Å². The molecule has 0 amide bonds. The molecule has 1 heterocycles. The molecule has 1 aliphatic heterocycles. The summed E-state index contributed by atoms with van der Waals surface area (Å²) in [5.41, 5.74) is 0. The topological polar surface area (TPSA) is 121 Å². The van der Waals surface area contributed by atoms with Gasteiger partial charge in [0.15, 0.2) is 0 Å².